The second-order valence-corrected chi connectivity index (χ2v) is 6.51. The van der Waals surface area contributed by atoms with Gasteiger partial charge in [-0.2, -0.15) is 9.37 Å². The highest BCUT2D eigenvalue weighted by Gasteiger charge is 2.24. The summed E-state index contributed by atoms with van der Waals surface area (Å²) in [5.74, 6) is -5.30. The first-order valence-corrected chi connectivity index (χ1v) is 9.30. The van der Waals surface area contributed by atoms with E-state index in [2.05, 4.69) is 15.6 Å². The highest BCUT2D eigenvalue weighted by atomic mass is 19.1. The Labute approximate surface area is 180 Å². The zero-order chi connectivity index (χ0) is 24.3. The Morgan fingerprint density at radius 3 is 2.16 bits per heavy atom. The first-order valence-electron chi connectivity index (χ1n) is 9.30. The molecular weight excluding hydrogens is 437 g/mol. The van der Waals surface area contributed by atoms with Crippen molar-refractivity contribution < 1.29 is 43.8 Å². The zero-order valence-electron chi connectivity index (χ0n) is 16.6. The summed E-state index contributed by atoms with van der Waals surface area (Å²) in [5.41, 5.74) is -0.427. The van der Waals surface area contributed by atoms with Gasteiger partial charge in [-0.3, -0.25) is 14.9 Å². The van der Waals surface area contributed by atoms with Crippen molar-refractivity contribution in [1.29, 1.82) is 0 Å². The number of carbonyl (C=O) groups excluding carboxylic acids is 1. The van der Waals surface area contributed by atoms with E-state index in [1.54, 1.807) is 0 Å². The van der Waals surface area contributed by atoms with Gasteiger partial charge in [0.05, 0.1) is 4.92 Å². The maximum atomic E-state index is 13.2. The number of hydrogen-bond acceptors (Lipinski definition) is 8. The molecule has 0 spiro atoms. The fourth-order valence-corrected chi connectivity index (χ4v) is 2.53. The van der Waals surface area contributed by atoms with E-state index in [9.17, 15) is 38.8 Å². The van der Waals surface area contributed by atoms with E-state index in [1.165, 1.54) is 0 Å². The van der Waals surface area contributed by atoms with Crippen LogP contribution in [0.3, 0.4) is 0 Å². The molecule has 1 heterocycles. The number of hydrogen-bond donors (Lipinski definition) is 6. The topological polar surface area (TPSA) is 221 Å². The Kier molecular flexibility index (Phi) is 10.2. The number of nitrogens with zero attached hydrogens (tertiary/aromatic N) is 2. The summed E-state index contributed by atoms with van der Waals surface area (Å²) in [4.78, 5) is 58.4. The van der Waals surface area contributed by atoms with Crippen LogP contribution in [-0.2, 0) is 14.4 Å². The van der Waals surface area contributed by atoms with Crippen LogP contribution in [0.1, 0.15) is 32.1 Å². The van der Waals surface area contributed by atoms with Crippen LogP contribution in [0.15, 0.2) is 12.1 Å². The molecule has 0 aliphatic rings. The van der Waals surface area contributed by atoms with Gasteiger partial charge in [0.25, 0.3) is 0 Å². The maximum Gasteiger partial charge on any atom is 0.326 e. The first kappa shape index (κ1) is 26.0. The predicted molar refractivity (Wildman–Crippen MR) is 105 cm³/mol. The molecule has 0 saturated carbocycles. The Bertz CT molecular complexity index is 867. The molecule has 1 unspecified atom stereocenters. The van der Waals surface area contributed by atoms with Crippen LogP contribution in [0.25, 0.3) is 0 Å². The third-order valence-corrected chi connectivity index (χ3v) is 4.10. The van der Waals surface area contributed by atoms with Crippen LogP contribution in [0, 0.1) is 16.1 Å². The largest absolute Gasteiger partial charge is 0.481 e. The lowest BCUT2D eigenvalue weighted by Gasteiger charge is -2.18. The highest BCUT2D eigenvalue weighted by molar-refractivity contribution is 5.86. The van der Waals surface area contributed by atoms with Crippen LogP contribution < -0.4 is 16.0 Å². The van der Waals surface area contributed by atoms with Gasteiger partial charge in [-0.15, -0.1) is 0 Å². The number of aliphatic carboxylic acids is 3. The molecule has 15 heteroatoms. The van der Waals surface area contributed by atoms with Crippen LogP contribution in [0.2, 0.25) is 0 Å². The zero-order valence-corrected chi connectivity index (χ0v) is 16.6. The fraction of sp³-hybridized carbons (Fsp3) is 0.471. The van der Waals surface area contributed by atoms with E-state index in [-0.39, 0.29) is 31.6 Å². The molecule has 2 amide bonds. The molecule has 1 aromatic rings. The third-order valence-electron chi connectivity index (χ3n) is 4.10. The molecule has 0 fully saturated rings. The summed E-state index contributed by atoms with van der Waals surface area (Å²) >= 11 is 0. The van der Waals surface area contributed by atoms with E-state index in [0.717, 1.165) is 12.1 Å². The summed E-state index contributed by atoms with van der Waals surface area (Å²) in [6.45, 7) is 0.103. The Balaban J connectivity index is 2.52. The number of halogens is 1. The number of aromatic nitrogens is 1. The lowest BCUT2D eigenvalue weighted by atomic mass is 10.1. The van der Waals surface area contributed by atoms with Gasteiger partial charge in [0.1, 0.15) is 12.1 Å². The smallest absolute Gasteiger partial charge is 0.326 e. The van der Waals surface area contributed by atoms with Crippen molar-refractivity contribution in [3.8, 4) is 0 Å². The van der Waals surface area contributed by atoms with Gasteiger partial charge >= 0.3 is 29.6 Å². The van der Waals surface area contributed by atoms with Gasteiger partial charge < -0.3 is 31.3 Å². The van der Waals surface area contributed by atoms with Crippen molar-refractivity contribution in [1.82, 2.24) is 15.6 Å². The van der Waals surface area contributed by atoms with E-state index < -0.39 is 59.0 Å². The summed E-state index contributed by atoms with van der Waals surface area (Å²) in [5, 5.41) is 44.4. The number of amides is 2. The van der Waals surface area contributed by atoms with Crippen molar-refractivity contribution in [3.63, 3.8) is 0 Å². The minimum atomic E-state index is -1.51. The average Bonchev–Trinajstić information content (AvgIpc) is 2.69. The monoisotopic (exact) mass is 459 g/mol. The summed E-state index contributed by atoms with van der Waals surface area (Å²) in [6.07, 6.45) is -0.434. The molecule has 0 bridgehead atoms. The van der Waals surface area contributed by atoms with E-state index in [4.69, 9.17) is 10.2 Å². The van der Waals surface area contributed by atoms with Gasteiger partial charge in [-0.1, -0.05) is 0 Å². The van der Waals surface area contributed by atoms with Crippen LogP contribution in [0.4, 0.5) is 20.7 Å². The molecular formula is C17H22FN5O9. The molecule has 0 radical (unpaired) electrons. The molecule has 1 rings (SSSR count). The number of carbonyl (C=O) groups is 4. The number of carboxylic acids is 3. The van der Waals surface area contributed by atoms with Crippen molar-refractivity contribution in [2.75, 3.05) is 11.9 Å². The Morgan fingerprint density at radius 2 is 1.62 bits per heavy atom. The molecule has 1 aromatic heterocycles. The van der Waals surface area contributed by atoms with Crippen LogP contribution in [-0.4, -0.2) is 67.8 Å². The molecule has 0 aliphatic heterocycles. The van der Waals surface area contributed by atoms with Crippen molar-refractivity contribution in [3.05, 3.63) is 28.2 Å². The number of carboxylic acid groups (broad SMARTS) is 3. The third kappa shape index (κ3) is 9.19. The maximum absolute atomic E-state index is 13.2. The second kappa shape index (κ2) is 12.6. The summed E-state index contributed by atoms with van der Waals surface area (Å²) < 4.78 is 13.2. The average molecular weight is 459 g/mol. The number of pyridine rings is 1. The van der Waals surface area contributed by atoms with Crippen LogP contribution in [0.5, 0.6) is 0 Å². The van der Waals surface area contributed by atoms with Gasteiger partial charge in [-0.25, -0.2) is 14.4 Å². The standard InChI is InChI=1S/C17H22FN5O9/c18-12-6-5-11(23(31)32)14(22-12)19-8-2-1-3-9(15(26)27)20-17(30)21-10(16(28)29)4-7-13(24)25/h5-6,9-10H,1-4,7-8H2,(H,19,22)(H,24,25)(H,26,27)(H,28,29)(H2,20,21,30)/t9-,10?/m0/s1. The summed E-state index contributed by atoms with van der Waals surface area (Å²) in [6, 6.07) is -2.18. The fourth-order valence-electron chi connectivity index (χ4n) is 2.53. The Hall–Kier alpha value is -4.04. The van der Waals surface area contributed by atoms with E-state index in [0.29, 0.717) is 6.42 Å². The molecule has 2 atom stereocenters. The minimum Gasteiger partial charge on any atom is -0.481 e. The number of nitrogens with one attached hydrogen (secondary N) is 3. The van der Waals surface area contributed by atoms with Crippen molar-refractivity contribution >= 4 is 35.4 Å². The van der Waals surface area contributed by atoms with E-state index >= 15 is 0 Å². The molecule has 32 heavy (non-hydrogen) atoms. The molecule has 0 aromatic carbocycles. The van der Waals surface area contributed by atoms with Crippen molar-refractivity contribution in [2.24, 2.45) is 0 Å². The Morgan fingerprint density at radius 1 is 1.03 bits per heavy atom. The molecule has 176 valence electrons. The van der Waals surface area contributed by atoms with Gasteiger partial charge in [0.2, 0.25) is 11.8 Å². The number of urea groups is 1. The lowest BCUT2D eigenvalue weighted by Crippen LogP contribution is -2.51. The van der Waals surface area contributed by atoms with Crippen molar-refractivity contribution in [2.45, 2.75) is 44.2 Å². The first-order chi connectivity index (χ1) is 15.0. The quantitative estimate of drug-likeness (QED) is 0.0987. The van der Waals surface area contributed by atoms with Gasteiger partial charge in [-0.05, 0) is 25.7 Å². The number of unbranched alkanes of at least 4 members (excludes halogenated alkanes) is 1. The minimum absolute atomic E-state index is 0.0596. The van der Waals surface area contributed by atoms with Crippen LogP contribution >= 0.6 is 0 Å². The summed E-state index contributed by atoms with van der Waals surface area (Å²) in [7, 11) is 0. The molecule has 14 nitrogen and oxygen atoms in total. The number of anilines is 1. The predicted octanol–water partition coefficient (Wildman–Crippen LogP) is 0.781. The number of rotatable bonds is 14. The highest BCUT2D eigenvalue weighted by Crippen LogP contribution is 2.21. The SMILES string of the molecule is O=C(O)CCC(NC(=O)N[C@@H](CCCCNc1nc(F)ccc1[N+](=O)[O-])C(=O)O)C(=O)O. The molecule has 0 aliphatic carbocycles. The normalized spacial score (nSPS) is 12.3. The van der Waals surface area contributed by atoms with Gasteiger partial charge in [0.15, 0.2) is 0 Å². The second-order valence-electron chi connectivity index (χ2n) is 6.51. The molecule has 0 saturated heterocycles. The van der Waals surface area contributed by atoms with Gasteiger partial charge in [0, 0.05) is 25.1 Å². The number of nitro groups is 1. The molecule has 6 N–H and O–H groups in total. The lowest BCUT2D eigenvalue weighted by molar-refractivity contribution is -0.384. The van der Waals surface area contributed by atoms with E-state index in [1.807, 2.05) is 5.32 Å².